The van der Waals surface area contributed by atoms with Gasteiger partial charge in [0, 0.05) is 37.1 Å². The molecular formula is C23H29N3O5S. The Morgan fingerprint density at radius 1 is 1.12 bits per heavy atom. The van der Waals surface area contributed by atoms with Crippen LogP contribution in [0, 0.1) is 20.8 Å². The molecule has 1 aliphatic heterocycles. The van der Waals surface area contributed by atoms with Gasteiger partial charge in [0.1, 0.15) is 16.2 Å². The van der Waals surface area contributed by atoms with Crippen molar-refractivity contribution in [3.8, 4) is 0 Å². The van der Waals surface area contributed by atoms with E-state index in [-0.39, 0.29) is 36.1 Å². The Kier molecular flexibility index (Phi) is 5.89. The third-order valence-electron chi connectivity index (χ3n) is 6.16. The van der Waals surface area contributed by atoms with E-state index < -0.39 is 10.0 Å². The van der Waals surface area contributed by atoms with Gasteiger partial charge in [-0.05, 0) is 49.9 Å². The average molecular weight is 460 g/mol. The Morgan fingerprint density at radius 2 is 1.81 bits per heavy atom. The maximum absolute atomic E-state index is 13.0. The van der Waals surface area contributed by atoms with Gasteiger partial charge in [-0.3, -0.25) is 4.79 Å². The summed E-state index contributed by atoms with van der Waals surface area (Å²) in [6.07, 6.45) is 1.88. The third-order valence-corrected chi connectivity index (χ3v) is 8.31. The van der Waals surface area contributed by atoms with E-state index in [9.17, 15) is 13.2 Å². The maximum atomic E-state index is 13.0. The van der Waals surface area contributed by atoms with Crippen molar-refractivity contribution >= 4 is 26.9 Å². The summed E-state index contributed by atoms with van der Waals surface area (Å²) in [5, 5.41) is 4.72. The summed E-state index contributed by atoms with van der Waals surface area (Å²) in [6, 6.07) is 4.15. The van der Waals surface area contributed by atoms with Crippen molar-refractivity contribution in [3.63, 3.8) is 0 Å². The van der Waals surface area contributed by atoms with Crippen molar-refractivity contribution in [3.05, 3.63) is 46.5 Å². The molecule has 4 rings (SSSR count). The fourth-order valence-electron chi connectivity index (χ4n) is 4.43. The summed E-state index contributed by atoms with van der Waals surface area (Å²) in [5.74, 6) is 0.628. The molecule has 0 unspecified atom stereocenters. The summed E-state index contributed by atoms with van der Waals surface area (Å²) >= 11 is 0. The van der Waals surface area contributed by atoms with E-state index in [1.54, 1.807) is 25.0 Å². The number of nitrogens with zero attached hydrogens (tertiary/aromatic N) is 3. The molecule has 2 aromatic heterocycles. The number of piperazine rings is 1. The number of amides is 1. The summed E-state index contributed by atoms with van der Waals surface area (Å²) < 4.78 is 38.1. The fraction of sp³-hybridized carbons (Fsp3) is 0.478. The zero-order valence-corrected chi connectivity index (χ0v) is 20.0. The van der Waals surface area contributed by atoms with Crippen LogP contribution in [0.15, 0.2) is 32.2 Å². The minimum Gasteiger partial charge on any atom is -0.464 e. The van der Waals surface area contributed by atoms with E-state index in [0.29, 0.717) is 24.7 Å². The zero-order valence-electron chi connectivity index (χ0n) is 19.1. The lowest BCUT2D eigenvalue weighted by atomic mass is 9.95. The fourth-order valence-corrected chi connectivity index (χ4v) is 6.14. The van der Waals surface area contributed by atoms with Crippen LogP contribution in [0.25, 0.3) is 11.0 Å². The Hall–Kier alpha value is -2.65. The number of hydrogen-bond acceptors (Lipinski definition) is 6. The van der Waals surface area contributed by atoms with Crippen LogP contribution < -0.4 is 0 Å². The van der Waals surface area contributed by atoms with E-state index in [0.717, 1.165) is 16.5 Å². The number of sulfonamides is 1. The standard InChI is InChI=1S/C23H29N3O5S/c1-14(2)19-12-20-18(13-30-21(20)10-15(19)3)11-22(27)25-6-8-26(9-7-25)32(28,29)23-16(4)24-31-17(23)5/h10,12-14H,6-9,11H2,1-5H3. The molecule has 1 aliphatic rings. The topological polar surface area (TPSA) is 96.9 Å². The van der Waals surface area contributed by atoms with Crippen molar-refractivity contribution in [1.82, 2.24) is 14.4 Å². The van der Waals surface area contributed by atoms with E-state index in [2.05, 4.69) is 32.0 Å². The number of hydrogen-bond donors (Lipinski definition) is 0. The van der Waals surface area contributed by atoms with Crippen LogP contribution in [0.5, 0.6) is 0 Å². The number of carbonyl (C=O) groups is 1. The SMILES string of the molecule is Cc1cc2occ(CC(=O)N3CCN(S(=O)(=O)c4c(C)noc4C)CC3)c2cc1C(C)C. The molecule has 0 saturated carbocycles. The highest BCUT2D eigenvalue weighted by Gasteiger charge is 2.34. The molecule has 1 fully saturated rings. The van der Waals surface area contributed by atoms with Crippen LogP contribution in [-0.2, 0) is 21.2 Å². The van der Waals surface area contributed by atoms with Gasteiger partial charge >= 0.3 is 0 Å². The van der Waals surface area contributed by atoms with Gasteiger partial charge in [0.15, 0.2) is 5.76 Å². The molecule has 0 atom stereocenters. The van der Waals surface area contributed by atoms with Gasteiger partial charge in [0.25, 0.3) is 0 Å². The molecule has 9 heteroatoms. The first-order valence-electron chi connectivity index (χ1n) is 10.8. The largest absolute Gasteiger partial charge is 0.464 e. The monoisotopic (exact) mass is 459 g/mol. The first kappa shape index (κ1) is 22.5. The number of aryl methyl sites for hydroxylation is 3. The molecule has 0 bridgehead atoms. The minimum absolute atomic E-state index is 0.0336. The van der Waals surface area contributed by atoms with E-state index in [1.165, 1.54) is 15.4 Å². The minimum atomic E-state index is -3.70. The second-order valence-corrected chi connectivity index (χ2v) is 10.6. The van der Waals surface area contributed by atoms with Crippen molar-refractivity contribution in [2.45, 2.75) is 51.9 Å². The Morgan fingerprint density at radius 3 is 2.41 bits per heavy atom. The number of carbonyl (C=O) groups excluding carboxylic acids is 1. The molecule has 172 valence electrons. The van der Waals surface area contributed by atoms with Crippen LogP contribution in [0.1, 0.15) is 47.9 Å². The predicted octanol–water partition coefficient (Wildman–Crippen LogP) is 3.55. The number of benzene rings is 1. The Bertz CT molecular complexity index is 1240. The second-order valence-electron chi connectivity index (χ2n) is 8.74. The molecule has 32 heavy (non-hydrogen) atoms. The number of aromatic nitrogens is 1. The van der Waals surface area contributed by atoms with Gasteiger partial charge in [-0.15, -0.1) is 0 Å². The highest BCUT2D eigenvalue weighted by atomic mass is 32.2. The summed E-state index contributed by atoms with van der Waals surface area (Å²) in [4.78, 5) is 14.8. The van der Waals surface area contributed by atoms with Gasteiger partial charge < -0.3 is 13.8 Å². The number of rotatable bonds is 5. The molecule has 0 radical (unpaired) electrons. The van der Waals surface area contributed by atoms with Crippen LogP contribution in [-0.4, -0.2) is 54.9 Å². The van der Waals surface area contributed by atoms with Gasteiger partial charge in [-0.1, -0.05) is 19.0 Å². The molecule has 8 nitrogen and oxygen atoms in total. The lowest BCUT2D eigenvalue weighted by molar-refractivity contribution is -0.131. The van der Waals surface area contributed by atoms with Crippen molar-refractivity contribution in [2.24, 2.45) is 0 Å². The smallest absolute Gasteiger partial charge is 0.248 e. The van der Waals surface area contributed by atoms with Crippen molar-refractivity contribution < 1.29 is 22.2 Å². The Labute approximate surface area is 188 Å². The molecular weight excluding hydrogens is 430 g/mol. The molecule has 1 aromatic carbocycles. The van der Waals surface area contributed by atoms with E-state index >= 15 is 0 Å². The first-order chi connectivity index (χ1) is 15.1. The van der Waals surface area contributed by atoms with Crippen LogP contribution in [0.2, 0.25) is 0 Å². The molecule has 0 aliphatic carbocycles. The zero-order chi connectivity index (χ0) is 23.2. The molecule has 3 aromatic rings. The highest BCUT2D eigenvalue weighted by Crippen LogP contribution is 2.30. The molecule has 0 spiro atoms. The summed E-state index contributed by atoms with van der Waals surface area (Å²) in [5.41, 5.74) is 4.41. The van der Waals surface area contributed by atoms with E-state index in [4.69, 9.17) is 8.94 Å². The summed E-state index contributed by atoms with van der Waals surface area (Å²) in [6.45, 7) is 10.7. The van der Waals surface area contributed by atoms with Crippen LogP contribution in [0.4, 0.5) is 0 Å². The van der Waals surface area contributed by atoms with Gasteiger partial charge in [-0.25, -0.2) is 8.42 Å². The lowest BCUT2D eigenvalue weighted by Crippen LogP contribution is -2.51. The first-order valence-corrected chi connectivity index (χ1v) is 12.2. The molecule has 1 amide bonds. The van der Waals surface area contributed by atoms with Gasteiger partial charge in [-0.2, -0.15) is 4.31 Å². The average Bonchev–Trinajstić information content (AvgIpc) is 3.29. The number of fused-ring (bicyclic) bond motifs is 1. The van der Waals surface area contributed by atoms with Gasteiger partial charge in [0.2, 0.25) is 15.9 Å². The van der Waals surface area contributed by atoms with E-state index in [1.807, 2.05) is 6.07 Å². The van der Waals surface area contributed by atoms with Gasteiger partial charge in [0.05, 0.1) is 12.7 Å². The predicted molar refractivity (Wildman–Crippen MR) is 120 cm³/mol. The molecule has 3 heterocycles. The van der Waals surface area contributed by atoms with Crippen LogP contribution in [0.3, 0.4) is 0 Å². The number of furan rings is 1. The quantitative estimate of drug-likeness (QED) is 0.579. The second kappa shape index (κ2) is 8.37. The van der Waals surface area contributed by atoms with Crippen molar-refractivity contribution in [1.29, 1.82) is 0 Å². The normalized spacial score (nSPS) is 15.8. The van der Waals surface area contributed by atoms with Crippen LogP contribution >= 0.6 is 0 Å². The molecule has 0 N–H and O–H groups in total. The Balaban J connectivity index is 1.46. The third kappa shape index (κ3) is 3.95. The summed E-state index contributed by atoms with van der Waals surface area (Å²) in [7, 11) is -3.70. The highest BCUT2D eigenvalue weighted by molar-refractivity contribution is 7.89. The van der Waals surface area contributed by atoms with Crippen molar-refractivity contribution in [2.75, 3.05) is 26.2 Å². The lowest BCUT2D eigenvalue weighted by Gasteiger charge is -2.34. The molecule has 1 saturated heterocycles. The maximum Gasteiger partial charge on any atom is 0.248 e.